The average Bonchev–Trinajstić information content (AvgIpc) is 3.12. The number of likely N-dealkylation sites (tertiary alicyclic amines) is 1. The van der Waals surface area contributed by atoms with Crippen LogP contribution in [0.4, 0.5) is 10.6 Å². The van der Waals surface area contributed by atoms with E-state index in [9.17, 15) is 4.79 Å². The van der Waals surface area contributed by atoms with Crippen molar-refractivity contribution in [1.82, 2.24) is 20.4 Å². The van der Waals surface area contributed by atoms with E-state index < -0.39 is 0 Å². The fourth-order valence-corrected chi connectivity index (χ4v) is 2.97. The number of aryl methyl sites for hydroxylation is 3. The number of anilines is 1. The van der Waals surface area contributed by atoms with Crippen LogP contribution >= 0.6 is 0 Å². The van der Waals surface area contributed by atoms with Gasteiger partial charge in [-0.3, -0.25) is 10.2 Å². The quantitative estimate of drug-likeness (QED) is 0.863. The van der Waals surface area contributed by atoms with Gasteiger partial charge < -0.3 is 14.3 Å². The fraction of sp³-hybridized carbons (Fsp3) is 0.588. The summed E-state index contributed by atoms with van der Waals surface area (Å²) < 4.78 is 10.6. The number of carbonyl (C=O) groups excluding carboxylic acids is 1. The first kappa shape index (κ1) is 17.5. The van der Waals surface area contributed by atoms with Gasteiger partial charge in [0.1, 0.15) is 11.5 Å². The van der Waals surface area contributed by atoms with Gasteiger partial charge in [-0.2, -0.15) is 0 Å². The molecule has 0 unspecified atom stereocenters. The summed E-state index contributed by atoms with van der Waals surface area (Å²) in [6.07, 6.45) is 2.09. The maximum absolute atomic E-state index is 11.9. The molecule has 8 nitrogen and oxygen atoms in total. The second-order valence-corrected chi connectivity index (χ2v) is 6.63. The van der Waals surface area contributed by atoms with Crippen molar-refractivity contribution in [1.29, 1.82) is 0 Å². The van der Waals surface area contributed by atoms with E-state index in [0.717, 1.165) is 49.8 Å². The molecule has 2 aromatic heterocycles. The van der Waals surface area contributed by atoms with Crippen LogP contribution in [0.1, 0.15) is 35.9 Å². The number of carbonyl (C=O) groups is 1. The Morgan fingerprint density at radius 1 is 1.32 bits per heavy atom. The highest BCUT2D eigenvalue weighted by Crippen LogP contribution is 2.19. The third-order valence-electron chi connectivity index (χ3n) is 4.56. The van der Waals surface area contributed by atoms with Crippen LogP contribution < -0.4 is 10.6 Å². The molecule has 0 saturated carbocycles. The number of oxazole rings is 1. The summed E-state index contributed by atoms with van der Waals surface area (Å²) in [7, 11) is 0. The van der Waals surface area contributed by atoms with Crippen LogP contribution in [0.3, 0.4) is 0 Å². The van der Waals surface area contributed by atoms with Crippen molar-refractivity contribution in [2.24, 2.45) is 5.92 Å². The molecular formula is C17H25N5O3. The lowest BCUT2D eigenvalue weighted by Crippen LogP contribution is -2.39. The Bertz CT molecular complexity index is 696. The van der Waals surface area contributed by atoms with E-state index in [1.54, 1.807) is 13.0 Å². The molecule has 25 heavy (non-hydrogen) atoms. The van der Waals surface area contributed by atoms with Gasteiger partial charge in [-0.1, -0.05) is 5.16 Å². The van der Waals surface area contributed by atoms with Gasteiger partial charge in [0.05, 0.1) is 12.2 Å². The van der Waals surface area contributed by atoms with Gasteiger partial charge in [0.15, 0.2) is 5.82 Å². The molecule has 1 aliphatic rings. The number of amides is 2. The number of piperidine rings is 1. The minimum atomic E-state index is -0.249. The van der Waals surface area contributed by atoms with E-state index in [-0.39, 0.29) is 6.03 Å². The number of hydrogen-bond donors (Lipinski definition) is 2. The number of nitrogens with zero attached hydrogens (tertiary/aromatic N) is 3. The summed E-state index contributed by atoms with van der Waals surface area (Å²) in [4.78, 5) is 18.7. The van der Waals surface area contributed by atoms with Gasteiger partial charge in [-0.15, -0.1) is 0 Å². The van der Waals surface area contributed by atoms with Crippen molar-refractivity contribution in [2.45, 2.75) is 40.2 Å². The maximum Gasteiger partial charge on any atom is 0.320 e. The van der Waals surface area contributed by atoms with Crippen LogP contribution in [-0.4, -0.2) is 40.7 Å². The molecule has 2 amide bonds. The lowest BCUT2D eigenvalue weighted by Gasteiger charge is -2.31. The highest BCUT2D eigenvalue weighted by molar-refractivity contribution is 5.88. The lowest BCUT2D eigenvalue weighted by molar-refractivity contribution is 0.162. The molecule has 1 saturated heterocycles. The third-order valence-corrected chi connectivity index (χ3v) is 4.56. The van der Waals surface area contributed by atoms with Crippen LogP contribution in [0, 0.1) is 26.7 Å². The largest absolute Gasteiger partial charge is 0.444 e. The van der Waals surface area contributed by atoms with E-state index in [4.69, 9.17) is 8.94 Å². The van der Waals surface area contributed by atoms with E-state index in [0.29, 0.717) is 24.0 Å². The zero-order valence-electron chi connectivity index (χ0n) is 15.0. The Morgan fingerprint density at radius 3 is 2.68 bits per heavy atom. The Kier molecular flexibility index (Phi) is 5.37. The second-order valence-electron chi connectivity index (χ2n) is 6.63. The normalized spacial score (nSPS) is 16.1. The fourth-order valence-electron chi connectivity index (χ4n) is 2.97. The van der Waals surface area contributed by atoms with Crippen LogP contribution in [0.25, 0.3) is 0 Å². The molecule has 3 rings (SSSR count). The lowest BCUT2D eigenvalue weighted by atomic mass is 9.97. The summed E-state index contributed by atoms with van der Waals surface area (Å²) >= 11 is 0. The summed E-state index contributed by atoms with van der Waals surface area (Å²) in [5, 5.41) is 9.31. The van der Waals surface area contributed by atoms with E-state index in [1.807, 2.05) is 13.8 Å². The maximum atomic E-state index is 11.9. The van der Waals surface area contributed by atoms with Crippen molar-refractivity contribution in [3.63, 3.8) is 0 Å². The predicted octanol–water partition coefficient (Wildman–Crippen LogP) is 2.62. The smallest absolute Gasteiger partial charge is 0.320 e. The first-order valence-corrected chi connectivity index (χ1v) is 8.63. The predicted molar refractivity (Wildman–Crippen MR) is 92.2 cm³/mol. The van der Waals surface area contributed by atoms with Crippen molar-refractivity contribution in [3.05, 3.63) is 29.2 Å². The van der Waals surface area contributed by atoms with E-state index in [1.165, 1.54) is 0 Å². The summed E-state index contributed by atoms with van der Waals surface area (Å²) in [5.74, 6) is 3.26. The summed E-state index contributed by atoms with van der Waals surface area (Å²) in [6.45, 7) is 9.06. The molecule has 3 heterocycles. The van der Waals surface area contributed by atoms with Crippen molar-refractivity contribution in [3.8, 4) is 0 Å². The minimum absolute atomic E-state index is 0.249. The SMILES string of the molecule is Cc1cc(NC(=O)NCC2CCN(Cc3nc(C)c(C)o3)CC2)no1. The average molecular weight is 347 g/mol. The van der Waals surface area contributed by atoms with Gasteiger partial charge in [0.25, 0.3) is 0 Å². The molecule has 2 aromatic rings. The third kappa shape index (κ3) is 4.82. The van der Waals surface area contributed by atoms with Crippen molar-refractivity contribution in [2.75, 3.05) is 25.0 Å². The highest BCUT2D eigenvalue weighted by atomic mass is 16.5. The van der Waals surface area contributed by atoms with E-state index in [2.05, 4.69) is 25.7 Å². The van der Waals surface area contributed by atoms with Gasteiger partial charge >= 0.3 is 6.03 Å². The van der Waals surface area contributed by atoms with Crippen LogP contribution in [-0.2, 0) is 6.54 Å². The molecule has 1 aliphatic heterocycles. The topological polar surface area (TPSA) is 96.4 Å². The first-order chi connectivity index (χ1) is 12.0. The molecule has 1 fully saturated rings. The molecule has 0 bridgehead atoms. The zero-order valence-corrected chi connectivity index (χ0v) is 15.0. The highest BCUT2D eigenvalue weighted by Gasteiger charge is 2.21. The van der Waals surface area contributed by atoms with Crippen molar-refractivity contribution < 1.29 is 13.7 Å². The van der Waals surface area contributed by atoms with Crippen LogP contribution in [0.5, 0.6) is 0 Å². The molecule has 136 valence electrons. The Balaban J connectivity index is 1.36. The second kappa shape index (κ2) is 7.69. The standard InChI is InChI=1S/C17H25N5O3/c1-11-8-15(21-25-11)20-17(23)18-9-14-4-6-22(7-5-14)10-16-19-12(2)13(3)24-16/h8,14H,4-7,9-10H2,1-3H3,(H2,18,20,21,23). The molecule has 0 spiro atoms. The summed E-state index contributed by atoms with van der Waals surface area (Å²) in [6, 6.07) is 1.44. The number of hydrogen-bond acceptors (Lipinski definition) is 6. The Labute approximate surface area is 146 Å². The minimum Gasteiger partial charge on any atom is -0.444 e. The Morgan fingerprint density at radius 2 is 2.08 bits per heavy atom. The van der Waals surface area contributed by atoms with Gasteiger partial charge in [-0.05, 0) is 52.6 Å². The molecule has 0 aromatic carbocycles. The van der Waals surface area contributed by atoms with Gasteiger partial charge in [-0.25, -0.2) is 9.78 Å². The first-order valence-electron chi connectivity index (χ1n) is 8.63. The van der Waals surface area contributed by atoms with Crippen molar-refractivity contribution >= 4 is 11.8 Å². The van der Waals surface area contributed by atoms with Crippen LogP contribution in [0.2, 0.25) is 0 Å². The van der Waals surface area contributed by atoms with Gasteiger partial charge in [0.2, 0.25) is 5.89 Å². The van der Waals surface area contributed by atoms with Gasteiger partial charge in [0, 0.05) is 12.6 Å². The molecule has 0 aliphatic carbocycles. The zero-order chi connectivity index (χ0) is 17.8. The number of aromatic nitrogens is 2. The van der Waals surface area contributed by atoms with E-state index >= 15 is 0 Å². The molecule has 2 N–H and O–H groups in total. The molecule has 0 radical (unpaired) electrons. The van der Waals surface area contributed by atoms with Crippen LogP contribution in [0.15, 0.2) is 15.0 Å². The molecule has 0 atom stereocenters. The monoisotopic (exact) mass is 347 g/mol. The summed E-state index contributed by atoms with van der Waals surface area (Å²) in [5.41, 5.74) is 0.961. The Hall–Kier alpha value is -2.35. The number of urea groups is 1. The number of rotatable bonds is 5. The molecule has 8 heteroatoms. The number of nitrogens with one attached hydrogen (secondary N) is 2. The molecular weight excluding hydrogens is 322 g/mol.